The molecule has 0 saturated heterocycles. The quantitative estimate of drug-likeness (QED) is 0.108. The minimum atomic E-state index is -0.279. The maximum atomic E-state index is 5.75. The molecule has 0 spiro atoms. The predicted molar refractivity (Wildman–Crippen MR) is 186 cm³/mol. The Balaban J connectivity index is 0.000000681. The van der Waals surface area contributed by atoms with Gasteiger partial charge in [-0.05, 0) is 81.1 Å². The van der Waals surface area contributed by atoms with Gasteiger partial charge in [-0.15, -0.1) is 12.4 Å². The molecule has 4 aromatic rings. The van der Waals surface area contributed by atoms with Gasteiger partial charge < -0.3 is 31.1 Å². The molecule has 2 heterocycles. The molecule has 9 heteroatoms. The van der Waals surface area contributed by atoms with E-state index in [0.717, 1.165) is 25.7 Å². The number of nitrogens with zero attached hydrogens (tertiary/aromatic N) is 4. The number of hydrogen-bond acceptors (Lipinski definition) is 8. The summed E-state index contributed by atoms with van der Waals surface area (Å²) >= 11 is 0. The zero-order valence-corrected chi connectivity index (χ0v) is 32.2. The van der Waals surface area contributed by atoms with Crippen molar-refractivity contribution in [2.75, 3.05) is 0 Å². The molecule has 0 N–H and O–H groups in total. The molecule has 2 aromatic carbocycles. The van der Waals surface area contributed by atoms with Gasteiger partial charge in [-0.1, -0.05) is 27.7 Å². The van der Waals surface area contributed by atoms with Crippen LogP contribution in [-0.2, 0) is 21.7 Å². The number of ether oxygens (including phenoxy) is 4. The SMILES string of the molecule is CCC(C)(C)Oc1[c-]cnc(OC(C)(C)CC)n1.CCC(C)(C)Oc1[c-]cnc(OC(C)(C)CC)n1.[Ti+4].c1cc[cH-]c1.c1cc[cH-]c1. The van der Waals surface area contributed by atoms with E-state index in [0.29, 0.717) is 23.8 Å². The smallest absolute Gasteiger partial charge is 0.506 e. The van der Waals surface area contributed by atoms with Crippen molar-refractivity contribution in [2.24, 2.45) is 0 Å². The number of aromatic nitrogens is 4. The van der Waals surface area contributed by atoms with Crippen LogP contribution in [0.2, 0.25) is 0 Å². The molecular formula is C38H56N4O4Ti. The summed E-state index contributed by atoms with van der Waals surface area (Å²) in [5.74, 6) is 0.859. The molecule has 0 radical (unpaired) electrons. The maximum absolute atomic E-state index is 5.75. The van der Waals surface area contributed by atoms with Crippen molar-refractivity contribution in [1.82, 2.24) is 19.9 Å². The Kier molecular flexibility index (Phi) is 20.1. The van der Waals surface area contributed by atoms with Crippen molar-refractivity contribution in [3.05, 3.63) is 85.2 Å². The van der Waals surface area contributed by atoms with E-state index < -0.39 is 0 Å². The Morgan fingerprint density at radius 2 is 0.787 bits per heavy atom. The monoisotopic (exact) mass is 680 g/mol. The molecule has 0 fully saturated rings. The van der Waals surface area contributed by atoms with Gasteiger partial charge in [0.1, 0.15) is 22.4 Å². The Bertz CT molecular complexity index is 1100. The summed E-state index contributed by atoms with van der Waals surface area (Å²) in [4.78, 5) is 16.6. The molecule has 0 atom stereocenters. The van der Waals surface area contributed by atoms with Crippen LogP contribution in [0.25, 0.3) is 0 Å². The molecule has 4 rings (SSSR count). The Morgan fingerprint density at radius 3 is 1.02 bits per heavy atom. The van der Waals surface area contributed by atoms with Gasteiger partial charge in [0, 0.05) is 11.8 Å². The van der Waals surface area contributed by atoms with Gasteiger partial charge in [-0.25, -0.2) is 34.2 Å². The van der Waals surface area contributed by atoms with E-state index in [1.165, 1.54) is 12.4 Å². The van der Waals surface area contributed by atoms with Gasteiger partial charge in [-0.3, -0.25) is 0 Å². The topological polar surface area (TPSA) is 88.5 Å². The summed E-state index contributed by atoms with van der Waals surface area (Å²) < 4.78 is 22.9. The molecule has 47 heavy (non-hydrogen) atoms. The Labute approximate surface area is 299 Å². The first-order valence-corrected chi connectivity index (χ1v) is 16.1. The van der Waals surface area contributed by atoms with E-state index in [1.54, 1.807) is 0 Å². The number of rotatable bonds is 12. The van der Waals surface area contributed by atoms with Crippen LogP contribution in [-0.4, -0.2) is 42.3 Å². The Morgan fingerprint density at radius 1 is 0.511 bits per heavy atom. The molecule has 256 valence electrons. The van der Waals surface area contributed by atoms with Crippen molar-refractivity contribution in [3.63, 3.8) is 0 Å². The zero-order valence-electron chi connectivity index (χ0n) is 30.7. The van der Waals surface area contributed by atoms with E-state index >= 15 is 0 Å². The van der Waals surface area contributed by atoms with Crippen LogP contribution < -0.4 is 18.9 Å². The third-order valence-corrected chi connectivity index (χ3v) is 7.12. The van der Waals surface area contributed by atoms with Gasteiger partial charge in [0.2, 0.25) is 0 Å². The van der Waals surface area contributed by atoms with Gasteiger partial charge >= 0.3 is 33.7 Å². The fourth-order valence-corrected chi connectivity index (χ4v) is 2.73. The van der Waals surface area contributed by atoms with Crippen LogP contribution in [0.3, 0.4) is 0 Å². The Hall–Kier alpha value is -3.23. The zero-order chi connectivity index (χ0) is 34.7. The average molecular weight is 681 g/mol. The van der Waals surface area contributed by atoms with Crippen molar-refractivity contribution in [1.29, 1.82) is 0 Å². The molecule has 0 saturated carbocycles. The summed E-state index contributed by atoms with van der Waals surface area (Å²) in [5.41, 5.74) is -1.08. The first-order valence-electron chi connectivity index (χ1n) is 16.1. The predicted octanol–water partition coefficient (Wildman–Crippen LogP) is 9.63. The van der Waals surface area contributed by atoms with Crippen LogP contribution in [0.4, 0.5) is 0 Å². The molecular weight excluding hydrogens is 624 g/mol. The van der Waals surface area contributed by atoms with Gasteiger partial charge in [0.15, 0.2) is 0 Å². The molecule has 0 unspecified atom stereocenters. The second-order valence-electron chi connectivity index (χ2n) is 13.0. The van der Waals surface area contributed by atoms with Crippen LogP contribution in [0.5, 0.6) is 23.8 Å². The van der Waals surface area contributed by atoms with Crippen molar-refractivity contribution in [3.8, 4) is 23.8 Å². The van der Waals surface area contributed by atoms with E-state index in [-0.39, 0.29) is 44.1 Å². The minimum Gasteiger partial charge on any atom is -0.506 e. The summed E-state index contributed by atoms with van der Waals surface area (Å²) in [6, 6.07) is 26.4. The van der Waals surface area contributed by atoms with Crippen LogP contribution in [0.1, 0.15) is 109 Å². The van der Waals surface area contributed by atoms with Crippen molar-refractivity contribution >= 4 is 0 Å². The molecule has 0 aliphatic carbocycles. The molecule has 2 aromatic heterocycles. The van der Waals surface area contributed by atoms with Gasteiger partial charge in [0.05, 0.1) is 0 Å². The first-order chi connectivity index (χ1) is 21.6. The molecule has 0 aliphatic heterocycles. The third-order valence-electron chi connectivity index (χ3n) is 7.12. The number of hydrogen-bond donors (Lipinski definition) is 0. The van der Waals surface area contributed by atoms with E-state index in [4.69, 9.17) is 18.9 Å². The summed E-state index contributed by atoms with van der Waals surface area (Å²) in [6.07, 6.45) is 6.62. The summed E-state index contributed by atoms with van der Waals surface area (Å²) in [5, 5.41) is 0. The van der Waals surface area contributed by atoms with Crippen molar-refractivity contribution < 1.29 is 40.7 Å². The fraction of sp³-hybridized carbons (Fsp3) is 0.526. The maximum Gasteiger partial charge on any atom is 4.00 e. The van der Waals surface area contributed by atoms with Gasteiger partial charge in [0.25, 0.3) is 0 Å². The van der Waals surface area contributed by atoms with Crippen LogP contribution in [0, 0.1) is 12.1 Å². The van der Waals surface area contributed by atoms with E-state index in [9.17, 15) is 0 Å². The fourth-order valence-electron chi connectivity index (χ4n) is 2.73. The van der Waals surface area contributed by atoms with Crippen molar-refractivity contribution in [2.45, 2.75) is 131 Å². The normalized spacial score (nSPS) is 11.1. The summed E-state index contributed by atoms with van der Waals surface area (Å²) in [7, 11) is 0. The molecule has 0 aliphatic rings. The van der Waals surface area contributed by atoms with Crippen LogP contribution in [0.15, 0.2) is 73.1 Å². The first kappa shape index (κ1) is 43.8. The van der Waals surface area contributed by atoms with Crippen LogP contribution >= 0.6 is 0 Å². The average Bonchev–Trinajstić information content (AvgIpc) is 3.77. The minimum absolute atomic E-state index is 0. The largest absolute Gasteiger partial charge is 4.00 e. The standard InChI is InChI=1S/2C14H23N2O2.2C5H5.Ti/c2*1-7-13(3,4)17-11-9-10-15-12(16-11)18-14(5,6)8-2;2*1-2-4-5-3-1;/h2*10H,7-8H2,1-6H3;2*1-5H;/q4*-1;+4. The summed E-state index contributed by atoms with van der Waals surface area (Å²) in [6.45, 7) is 24.3. The second-order valence-corrected chi connectivity index (χ2v) is 13.0. The molecule has 0 amide bonds. The molecule has 0 bridgehead atoms. The molecule has 8 nitrogen and oxygen atoms in total. The van der Waals surface area contributed by atoms with Gasteiger partial charge in [-0.2, -0.15) is 46.4 Å². The van der Waals surface area contributed by atoms with E-state index in [2.05, 4.69) is 59.8 Å². The second kappa shape index (κ2) is 21.6. The van der Waals surface area contributed by atoms with E-state index in [1.807, 2.05) is 116 Å². The third kappa shape index (κ3) is 20.6.